The van der Waals surface area contributed by atoms with Gasteiger partial charge in [-0.2, -0.15) is 5.26 Å². The summed E-state index contributed by atoms with van der Waals surface area (Å²) < 4.78 is 23.2. The molecule has 0 aliphatic carbocycles. The number of carbonyl (C=O) groups is 1. The van der Waals surface area contributed by atoms with Crippen molar-refractivity contribution < 1.29 is 13.2 Å². The number of pyridine rings is 1. The minimum Gasteiger partial charge on any atom is -0.355 e. The molecule has 0 atom stereocenters. The van der Waals surface area contributed by atoms with Gasteiger partial charge in [-0.3, -0.25) is 4.79 Å². The summed E-state index contributed by atoms with van der Waals surface area (Å²) in [5.41, 5.74) is 4.40. The Morgan fingerprint density at radius 3 is 2.41 bits per heavy atom. The average molecular weight is 447 g/mol. The van der Waals surface area contributed by atoms with E-state index in [0.717, 1.165) is 16.7 Å². The quantitative estimate of drug-likeness (QED) is 0.659. The van der Waals surface area contributed by atoms with Gasteiger partial charge in [0.1, 0.15) is 5.82 Å². The summed E-state index contributed by atoms with van der Waals surface area (Å²) in [4.78, 5) is 19.2. The number of amides is 1. The Morgan fingerprint density at radius 2 is 1.78 bits per heavy atom. The second-order valence-electron chi connectivity index (χ2n) is 7.67. The number of rotatable bonds is 4. The maximum absolute atomic E-state index is 12.9. The second kappa shape index (κ2) is 8.81. The first-order chi connectivity index (χ1) is 15.4. The van der Waals surface area contributed by atoms with Gasteiger partial charge in [0.05, 0.1) is 35.0 Å². The number of anilines is 2. The topological polar surface area (TPSA) is 103 Å². The average Bonchev–Trinajstić information content (AvgIpc) is 2.80. The minimum absolute atomic E-state index is 0.127. The standard InChI is InChI=1S/C24H22N4O3S/c1-17-21(19-7-5-18(15-25)6-8-19)3-2-4-22(17)24(29)27-20-9-10-23(26-16-20)28-11-13-32(30,31)14-12-28/h2-10,16H,11-14H2,1H3,(H,27,29). The first kappa shape index (κ1) is 21.5. The summed E-state index contributed by atoms with van der Waals surface area (Å²) in [7, 11) is -2.95. The molecule has 4 rings (SSSR count). The highest BCUT2D eigenvalue weighted by atomic mass is 32.2. The zero-order valence-corrected chi connectivity index (χ0v) is 18.4. The van der Waals surface area contributed by atoms with E-state index in [0.29, 0.717) is 35.7 Å². The number of carbonyl (C=O) groups excluding carboxylic acids is 1. The van der Waals surface area contributed by atoms with Crippen molar-refractivity contribution in [3.8, 4) is 17.2 Å². The summed E-state index contributed by atoms with van der Waals surface area (Å²) in [6.07, 6.45) is 1.58. The van der Waals surface area contributed by atoms with E-state index >= 15 is 0 Å². The van der Waals surface area contributed by atoms with Crippen LogP contribution in [0.5, 0.6) is 0 Å². The van der Waals surface area contributed by atoms with E-state index < -0.39 is 9.84 Å². The van der Waals surface area contributed by atoms with Crippen molar-refractivity contribution in [3.63, 3.8) is 0 Å². The van der Waals surface area contributed by atoms with Crippen LogP contribution in [0.25, 0.3) is 11.1 Å². The van der Waals surface area contributed by atoms with Crippen molar-refractivity contribution in [3.05, 3.63) is 77.5 Å². The van der Waals surface area contributed by atoms with E-state index in [1.54, 1.807) is 36.5 Å². The number of nitrogens with zero attached hydrogens (tertiary/aromatic N) is 3. The van der Waals surface area contributed by atoms with Crippen molar-refractivity contribution in [2.75, 3.05) is 34.8 Å². The van der Waals surface area contributed by atoms with Gasteiger partial charge in [-0.1, -0.05) is 24.3 Å². The molecule has 1 fully saturated rings. The Hall–Kier alpha value is -3.70. The van der Waals surface area contributed by atoms with E-state index in [2.05, 4.69) is 16.4 Å². The predicted molar refractivity (Wildman–Crippen MR) is 124 cm³/mol. The number of benzene rings is 2. The van der Waals surface area contributed by atoms with Crippen molar-refractivity contribution in [1.29, 1.82) is 5.26 Å². The number of aromatic nitrogens is 1. The van der Waals surface area contributed by atoms with Crippen LogP contribution in [0.15, 0.2) is 60.8 Å². The molecule has 2 heterocycles. The fraction of sp³-hybridized carbons (Fsp3) is 0.208. The lowest BCUT2D eigenvalue weighted by Crippen LogP contribution is -2.40. The predicted octanol–water partition coefficient (Wildman–Crippen LogP) is 3.42. The van der Waals surface area contributed by atoms with E-state index in [1.807, 2.05) is 36.1 Å². The molecule has 0 spiro atoms. The van der Waals surface area contributed by atoms with Crippen molar-refractivity contribution in [1.82, 2.24) is 4.98 Å². The summed E-state index contributed by atoms with van der Waals surface area (Å²) in [6.45, 7) is 2.74. The lowest BCUT2D eigenvalue weighted by molar-refractivity contribution is 0.102. The Morgan fingerprint density at radius 1 is 1.06 bits per heavy atom. The molecule has 1 aromatic heterocycles. The van der Waals surface area contributed by atoms with E-state index in [9.17, 15) is 13.2 Å². The monoisotopic (exact) mass is 446 g/mol. The number of hydrogen-bond donors (Lipinski definition) is 1. The number of hydrogen-bond acceptors (Lipinski definition) is 6. The SMILES string of the molecule is Cc1c(C(=O)Nc2ccc(N3CCS(=O)(=O)CC3)nc2)cccc1-c1ccc(C#N)cc1. The molecular weight excluding hydrogens is 424 g/mol. The van der Waals surface area contributed by atoms with Crippen LogP contribution in [0.4, 0.5) is 11.5 Å². The molecule has 0 radical (unpaired) electrons. The lowest BCUT2D eigenvalue weighted by Gasteiger charge is -2.27. The molecule has 3 aromatic rings. The van der Waals surface area contributed by atoms with Crippen molar-refractivity contribution in [2.45, 2.75) is 6.92 Å². The molecule has 0 bridgehead atoms. The zero-order valence-electron chi connectivity index (χ0n) is 17.6. The molecule has 1 aliphatic heterocycles. The van der Waals surface area contributed by atoms with Gasteiger partial charge in [0.2, 0.25) is 0 Å². The van der Waals surface area contributed by atoms with Gasteiger partial charge in [0, 0.05) is 18.7 Å². The van der Waals surface area contributed by atoms with Gasteiger partial charge in [-0.15, -0.1) is 0 Å². The fourth-order valence-electron chi connectivity index (χ4n) is 3.71. The van der Waals surface area contributed by atoms with E-state index in [4.69, 9.17) is 5.26 Å². The number of nitrogens with one attached hydrogen (secondary N) is 1. The lowest BCUT2D eigenvalue weighted by atomic mass is 9.95. The molecule has 1 aliphatic rings. The van der Waals surface area contributed by atoms with E-state index in [1.165, 1.54) is 0 Å². The molecule has 7 nitrogen and oxygen atoms in total. The zero-order chi connectivity index (χ0) is 22.7. The van der Waals surface area contributed by atoms with Crippen LogP contribution in [-0.2, 0) is 9.84 Å². The summed E-state index contributed by atoms with van der Waals surface area (Å²) in [6, 6.07) is 18.5. The number of nitriles is 1. The minimum atomic E-state index is -2.95. The molecule has 0 unspecified atom stereocenters. The molecule has 0 saturated carbocycles. The molecule has 1 amide bonds. The van der Waals surface area contributed by atoms with Crippen LogP contribution in [0.3, 0.4) is 0 Å². The molecule has 162 valence electrons. The van der Waals surface area contributed by atoms with Gasteiger partial charge >= 0.3 is 0 Å². The highest BCUT2D eigenvalue weighted by Gasteiger charge is 2.22. The molecule has 8 heteroatoms. The van der Waals surface area contributed by atoms with Gasteiger partial charge < -0.3 is 10.2 Å². The normalized spacial score (nSPS) is 15.1. The molecule has 1 N–H and O–H groups in total. The third kappa shape index (κ3) is 4.63. The van der Waals surface area contributed by atoms with E-state index in [-0.39, 0.29) is 17.4 Å². The summed E-state index contributed by atoms with van der Waals surface area (Å²) in [5.74, 6) is 0.706. The maximum Gasteiger partial charge on any atom is 0.255 e. The molecular formula is C24H22N4O3S. The smallest absolute Gasteiger partial charge is 0.255 e. The van der Waals surface area contributed by atoms with Crippen LogP contribution >= 0.6 is 0 Å². The Bertz CT molecular complexity index is 1280. The van der Waals surface area contributed by atoms with Gasteiger partial charge in [0.25, 0.3) is 5.91 Å². The Balaban J connectivity index is 1.49. The molecule has 1 saturated heterocycles. The van der Waals surface area contributed by atoms with Crippen LogP contribution in [0.2, 0.25) is 0 Å². The van der Waals surface area contributed by atoms with Gasteiger partial charge in [-0.25, -0.2) is 13.4 Å². The third-order valence-corrected chi connectivity index (χ3v) is 7.19. The fourth-order valence-corrected chi connectivity index (χ4v) is 4.91. The number of sulfone groups is 1. The molecule has 2 aromatic carbocycles. The molecule has 32 heavy (non-hydrogen) atoms. The van der Waals surface area contributed by atoms with Crippen molar-refractivity contribution in [2.24, 2.45) is 0 Å². The van der Waals surface area contributed by atoms with Crippen molar-refractivity contribution >= 4 is 27.2 Å². The van der Waals surface area contributed by atoms with Crippen LogP contribution in [0, 0.1) is 18.3 Å². The highest BCUT2D eigenvalue weighted by Crippen LogP contribution is 2.27. The largest absolute Gasteiger partial charge is 0.355 e. The highest BCUT2D eigenvalue weighted by molar-refractivity contribution is 7.91. The second-order valence-corrected chi connectivity index (χ2v) is 9.97. The summed E-state index contributed by atoms with van der Waals surface area (Å²) in [5, 5.41) is 11.9. The first-order valence-electron chi connectivity index (χ1n) is 10.2. The van der Waals surface area contributed by atoms with Crippen LogP contribution in [-0.4, -0.2) is 43.9 Å². The Kier molecular flexibility index (Phi) is 5.93. The third-order valence-electron chi connectivity index (χ3n) is 5.58. The van der Waals surface area contributed by atoms with Gasteiger partial charge in [-0.05, 0) is 53.9 Å². The maximum atomic E-state index is 12.9. The van der Waals surface area contributed by atoms with Gasteiger partial charge in [0.15, 0.2) is 9.84 Å². The first-order valence-corrected chi connectivity index (χ1v) is 12.0. The summed E-state index contributed by atoms with van der Waals surface area (Å²) >= 11 is 0. The van der Waals surface area contributed by atoms with Crippen LogP contribution in [0.1, 0.15) is 21.5 Å². The Labute approximate surface area is 187 Å². The van der Waals surface area contributed by atoms with Crippen LogP contribution < -0.4 is 10.2 Å².